The van der Waals surface area contributed by atoms with Gasteiger partial charge in [0.15, 0.2) is 0 Å². The minimum atomic E-state index is -0.540. The Morgan fingerprint density at radius 1 is 1.32 bits per heavy atom. The van der Waals surface area contributed by atoms with E-state index in [0.29, 0.717) is 13.2 Å². The lowest BCUT2D eigenvalue weighted by Gasteiger charge is -2.26. The number of fused-ring (bicyclic) bond motifs is 1. The van der Waals surface area contributed by atoms with Gasteiger partial charge in [-0.05, 0) is 32.4 Å². The van der Waals surface area contributed by atoms with Gasteiger partial charge in [-0.25, -0.2) is 0 Å². The van der Waals surface area contributed by atoms with E-state index < -0.39 is 6.04 Å². The molecule has 120 valence electrons. The van der Waals surface area contributed by atoms with E-state index in [1.54, 1.807) is 0 Å². The predicted molar refractivity (Wildman–Crippen MR) is 85.8 cm³/mol. The molecule has 1 aromatic carbocycles. The molecule has 0 saturated carbocycles. The monoisotopic (exact) mass is 305 g/mol. The Bertz CT molecular complexity index is 531. The van der Waals surface area contributed by atoms with Crippen LogP contribution in [0.1, 0.15) is 26.7 Å². The van der Waals surface area contributed by atoms with Gasteiger partial charge in [-0.2, -0.15) is 0 Å². The third-order valence-electron chi connectivity index (χ3n) is 3.32. The quantitative estimate of drug-likeness (QED) is 0.670. The van der Waals surface area contributed by atoms with Gasteiger partial charge in [0.05, 0.1) is 23.9 Å². The highest BCUT2D eigenvalue weighted by atomic mass is 16.5. The minimum absolute atomic E-state index is 0.116. The van der Waals surface area contributed by atoms with Crippen molar-refractivity contribution < 1.29 is 14.3 Å². The van der Waals surface area contributed by atoms with Crippen LogP contribution in [-0.4, -0.2) is 37.1 Å². The Morgan fingerprint density at radius 2 is 2.05 bits per heavy atom. The van der Waals surface area contributed by atoms with Crippen LogP contribution in [0.25, 0.3) is 0 Å². The molecular weight excluding hydrogens is 282 g/mol. The summed E-state index contributed by atoms with van der Waals surface area (Å²) in [6, 6.07) is 6.90. The first-order chi connectivity index (χ1) is 10.6. The molecule has 2 rings (SSSR count). The first-order valence-electron chi connectivity index (χ1n) is 7.61. The molecule has 6 nitrogen and oxygen atoms in total. The second kappa shape index (κ2) is 7.79. The van der Waals surface area contributed by atoms with E-state index in [9.17, 15) is 9.59 Å². The highest BCUT2D eigenvalue weighted by molar-refractivity contribution is 6.04. The van der Waals surface area contributed by atoms with Crippen LogP contribution in [0.4, 0.5) is 11.4 Å². The zero-order valence-corrected chi connectivity index (χ0v) is 13.0. The molecule has 2 amide bonds. The van der Waals surface area contributed by atoms with Crippen molar-refractivity contribution in [3.8, 4) is 0 Å². The zero-order chi connectivity index (χ0) is 15.9. The lowest BCUT2D eigenvalue weighted by molar-refractivity contribution is -0.125. The van der Waals surface area contributed by atoms with Gasteiger partial charge in [0.2, 0.25) is 11.8 Å². The van der Waals surface area contributed by atoms with Gasteiger partial charge in [0, 0.05) is 13.2 Å². The number of para-hydroxylation sites is 2. The molecule has 1 aliphatic heterocycles. The van der Waals surface area contributed by atoms with E-state index in [2.05, 4.69) is 16.0 Å². The van der Waals surface area contributed by atoms with Crippen molar-refractivity contribution in [2.24, 2.45) is 0 Å². The molecule has 0 aromatic heterocycles. The van der Waals surface area contributed by atoms with Gasteiger partial charge in [0.1, 0.15) is 6.04 Å². The molecule has 0 radical (unpaired) electrons. The second-order valence-corrected chi connectivity index (χ2v) is 5.56. The lowest BCUT2D eigenvalue weighted by Crippen LogP contribution is -2.42. The van der Waals surface area contributed by atoms with Gasteiger partial charge in [-0.3, -0.25) is 9.59 Å². The molecule has 0 spiro atoms. The molecular formula is C16H23N3O3. The Hall–Kier alpha value is -2.08. The van der Waals surface area contributed by atoms with Gasteiger partial charge < -0.3 is 20.7 Å². The molecule has 6 heteroatoms. The molecule has 0 fully saturated rings. The van der Waals surface area contributed by atoms with Crippen LogP contribution in [-0.2, 0) is 14.3 Å². The van der Waals surface area contributed by atoms with Crippen molar-refractivity contribution >= 4 is 23.2 Å². The highest BCUT2D eigenvalue weighted by Gasteiger charge is 2.26. The molecule has 1 aliphatic rings. The van der Waals surface area contributed by atoms with Crippen LogP contribution in [0.3, 0.4) is 0 Å². The summed E-state index contributed by atoms with van der Waals surface area (Å²) in [6.45, 7) is 5.12. The second-order valence-electron chi connectivity index (χ2n) is 5.56. The van der Waals surface area contributed by atoms with Gasteiger partial charge >= 0.3 is 0 Å². The highest BCUT2D eigenvalue weighted by Crippen LogP contribution is 2.26. The average molecular weight is 305 g/mol. The minimum Gasteiger partial charge on any atom is -0.379 e. The largest absolute Gasteiger partial charge is 0.379 e. The normalized spacial score (nSPS) is 16.7. The smallest absolute Gasteiger partial charge is 0.247 e. The van der Waals surface area contributed by atoms with E-state index in [1.807, 2.05) is 38.1 Å². The Morgan fingerprint density at radius 3 is 2.77 bits per heavy atom. The van der Waals surface area contributed by atoms with Crippen LogP contribution in [0, 0.1) is 0 Å². The van der Waals surface area contributed by atoms with E-state index in [-0.39, 0.29) is 24.3 Å². The number of nitrogens with one attached hydrogen (secondary N) is 3. The number of anilines is 2. The van der Waals surface area contributed by atoms with Crippen molar-refractivity contribution in [1.29, 1.82) is 0 Å². The maximum Gasteiger partial charge on any atom is 0.247 e. The molecule has 0 bridgehead atoms. The van der Waals surface area contributed by atoms with Crippen LogP contribution < -0.4 is 16.0 Å². The van der Waals surface area contributed by atoms with E-state index in [1.165, 1.54) is 0 Å². The first kappa shape index (κ1) is 16.3. The van der Waals surface area contributed by atoms with Crippen molar-refractivity contribution in [2.45, 2.75) is 38.8 Å². The number of hydrogen-bond donors (Lipinski definition) is 3. The predicted octanol–water partition coefficient (Wildman–Crippen LogP) is 1.74. The number of rotatable bonds is 7. The molecule has 0 unspecified atom stereocenters. The molecule has 22 heavy (non-hydrogen) atoms. The summed E-state index contributed by atoms with van der Waals surface area (Å²) >= 11 is 0. The maximum atomic E-state index is 12.0. The third kappa shape index (κ3) is 4.73. The number of amides is 2. The molecule has 3 N–H and O–H groups in total. The van der Waals surface area contributed by atoms with Crippen molar-refractivity contribution in [1.82, 2.24) is 5.32 Å². The summed E-state index contributed by atoms with van der Waals surface area (Å²) in [4.78, 5) is 23.9. The summed E-state index contributed by atoms with van der Waals surface area (Å²) in [5, 5.41) is 8.71. The van der Waals surface area contributed by atoms with Gasteiger partial charge in [-0.1, -0.05) is 12.1 Å². The standard InChI is InChI=1S/C16H23N3O3/c1-11(2)22-9-5-8-17-15(20)10-14-16(21)19-13-7-4-3-6-12(13)18-14/h3-4,6-7,11,14,18H,5,8-10H2,1-2H3,(H,17,20)(H,19,21)/t14-/m0/s1. The van der Waals surface area contributed by atoms with Gasteiger partial charge in [-0.15, -0.1) is 0 Å². The summed E-state index contributed by atoms with van der Waals surface area (Å²) in [7, 11) is 0. The van der Waals surface area contributed by atoms with Crippen molar-refractivity contribution in [3.63, 3.8) is 0 Å². The molecule has 0 aliphatic carbocycles. The molecule has 0 saturated heterocycles. The molecule has 1 aromatic rings. The summed E-state index contributed by atoms with van der Waals surface area (Å²) in [5.41, 5.74) is 1.58. The average Bonchev–Trinajstić information content (AvgIpc) is 2.47. The fraction of sp³-hybridized carbons (Fsp3) is 0.500. The lowest BCUT2D eigenvalue weighted by atomic mass is 10.1. The topological polar surface area (TPSA) is 79.5 Å². The summed E-state index contributed by atoms with van der Waals surface area (Å²) < 4.78 is 5.40. The van der Waals surface area contributed by atoms with Crippen LogP contribution in [0.15, 0.2) is 24.3 Å². The number of carbonyl (C=O) groups excluding carboxylic acids is 2. The fourth-order valence-corrected chi connectivity index (χ4v) is 2.21. The van der Waals surface area contributed by atoms with Crippen LogP contribution in [0.5, 0.6) is 0 Å². The number of benzene rings is 1. The van der Waals surface area contributed by atoms with E-state index in [0.717, 1.165) is 17.8 Å². The Kier molecular flexibility index (Phi) is 5.77. The summed E-state index contributed by atoms with van der Waals surface area (Å²) in [6.07, 6.45) is 1.08. The maximum absolute atomic E-state index is 12.0. The Labute approximate surface area is 130 Å². The van der Waals surface area contributed by atoms with E-state index >= 15 is 0 Å². The number of hydrogen-bond acceptors (Lipinski definition) is 4. The molecule has 1 atom stereocenters. The van der Waals surface area contributed by atoms with Gasteiger partial charge in [0.25, 0.3) is 0 Å². The first-order valence-corrected chi connectivity index (χ1v) is 7.61. The van der Waals surface area contributed by atoms with Crippen molar-refractivity contribution in [2.75, 3.05) is 23.8 Å². The molecule has 1 heterocycles. The van der Waals surface area contributed by atoms with Crippen LogP contribution in [0.2, 0.25) is 0 Å². The summed E-state index contributed by atoms with van der Waals surface area (Å²) in [5.74, 6) is -0.325. The number of carbonyl (C=O) groups is 2. The van der Waals surface area contributed by atoms with Crippen molar-refractivity contribution in [3.05, 3.63) is 24.3 Å². The van der Waals surface area contributed by atoms with Crippen LogP contribution >= 0.6 is 0 Å². The Balaban J connectivity index is 1.74. The fourth-order valence-electron chi connectivity index (χ4n) is 2.21. The van der Waals surface area contributed by atoms with E-state index in [4.69, 9.17) is 4.74 Å². The third-order valence-corrected chi connectivity index (χ3v) is 3.32. The number of ether oxygens (including phenoxy) is 1. The SMILES string of the molecule is CC(C)OCCCNC(=O)C[C@@H]1Nc2ccccc2NC1=O. The zero-order valence-electron chi connectivity index (χ0n) is 13.0.